The van der Waals surface area contributed by atoms with Gasteiger partial charge in [0.25, 0.3) is 0 Å². The number of piperidine rings is 1. The molecule has 2 aliphatic carbocycles. The molecule has 0 spiro atoms. The van der Waals surface area contributed by atoms with Gasteiger partial charge in [0, 0.05) is 19.1 Å². The Balaban J connectivity index is 1.69. The van der Waals surface area contributed by atoms with Gasteiger partial charge in [0.15, 0.2) is 0 Å². The van der Waals surface area contributed by atoms with Crippen molar-refractivity contribution in [1.29, 1.82) is 0 Å². The molecular weight excluding hydrogens is 256 g/mol. The molecule has 0 amide bonds. The molecule has 0 aromatic heterocycles. The molecule has 4 atom stereocenters. The lowest BCUT2D eigenvalue weighted by atomic mass is 9.68. The Morgan fingerprint density at radius 2 is 1.86 bits per heavy atom. The van der Waals surface area contributed by atoms with Crippen molar-refractivity contribution < 1.29 is 0 Å². The van der Waals surface area contributed by atoms with Gasteiger partial charge in [-0.1, -0.05) is 32.6 Å². The summed E-state index contributed by atoms with van der Waals surface area (Å²) in [5, 5.41) is 3.53. The lowest BCUT2D eigenvalue weighted by Crippen LogP contribution is -2.53. The van der Waals surface area contributed by atoms with E-state index in [0.29, 0.717) is 5.41 Å². The van der Waals surface area contributed by atoms with E-state index >= 15 is 0 Å². The van der Waals surface area contributed by atoms with Crippen LogP contribution in [0.15, 0.2) is 0 Å². The van der Waals surface area contributed by atoms with Crippen LogP contribution in [-0.4, -0.2) is 37.6 Å². The Bertz CT molecular complexity index is 324. The van der Waals surface area contributed by atoms with Gasteiger partial charge < -0.3 is 5.32 Å². The number of hydrogen-bond donors (Lipinski definition) is 1. The molecule has 21 heavy (non-hydrogen) atoms. The van der Waals surface area contributed by atoms with Crippen LogP contribution in [-0.2, 0) is 0 Å². The minimum Gasteiger partial charge on any atom is -0.319 e. The first kappa shape index (κ1) is 15.8. The van der Waals surface area contributed by atoms with Crippen LogP contribution in [0, 0.1) is 17.3 Å². The van der Waals surface area contributed by atoms with Crippen molar-refractivity contribution in [2.75, 3.05) is 26.7 Å². The summed E-state index contributed by atoms with van der Waals surface area (Å²) in [6.07, 6.45) is 14.7. The van der Waals surface area contributed by atoms with Crippen LogP contribution in [0.5, 0.6) is 0 Å². The molecule has 0 bridgehead atoms. The third kappa shape index (κ3) is 3.64. The van der Waals surface area contributed by atoms with Crippen molar-refractivity contribution in [2.45, 2.75) is 77.2 Å². The molecule has 2 saturated carbocycles. The van der Waals surface area contributed by atoms with Crippen molar-refractivity contribution in [1.82, 2.24) is 10.2 Å². The minimum atomic E-state index is 0.561. The number of likely N-dealkylation sites (tertiary alicyclic amines) is 1. The van der Waals surface area contributed by atoms with Crippen molar-refractivity contribution >= 4 is 0 Å². The first-order valence-corrected chi connectivity index (χ1v) is 9.61. The maximum atomic E-state index is 3.53. The third-order valence-electron chi connectivity index (χ3n) is 6.63. The number of rotatable bonds is 4. The maximum Gasteiger partial charge on any atom is 0.0124 e. The second-order valence-electron chi connectivity index (χ2n) is 8.46. The SMILES string of the molecule is CNCC1(CN2CCC[C@H]3CCCC[C@H]32)CCCC(C)C1. The van der Waals surface area contributed by atoms with Crippen molar-refractivity contribution in [3.05, 3.63) is 0 Å². The third-order valence-corrected chi connectivity index (χ3v) is 6.63. The van der Waals surface area contributed by atoms with Crippen LogP contribution < -0.4 is 5.32 Å². The van der Waals surface area contributed by atoms with Gasteiger partial charge in [-0.3, -0.25) is 4.90 Å². The molecule has 1 heterocycles. The zero-order chi connectivity index (χ0) is 14.7. The Hall–Kier alpha value is -0.0800. The highest BCUT2D eigenvalue weighted by atomic mass is 15.2. The molecule has 2 unspecified atom stereocenters. The van der Waals surface area contributed by atoms with E-state index in [9.17, 15) is 0 Å². The predicted octanol–water partition coefficient (Wildman–Crippen LogP) is 4.06. The Morgan fingerprint density at radius 1 is 1.05 bits per heavy atom. The van der Waals surface area contributed by atoms with E-state index in [0.717, 1.165) is 17.9 Å². The van der Waals surface area contributed by atoms with E-state index in [4.69, 9.17) is 0 Å². The van der Waals surface area contributed by atoms with Crippen LogP contribution in [0.4, 0.5) is 0 Å². The van der Waals surface area contributed by atoms with Gasteiger partial charge in [0.1, 0.15) is 0 Å². The Morgan fingerprint density at radius 3 is 2.67 bits per heavy atom. The van der Waals surface area contributed by atoms with E-state index in [-0.39, 0.29) is 0 Å². The van der Waals surface area contributed by atoms with Gasteiger partial charge in [-0.15, -0.1) is 0 Å². The number of nitrogens with zero attached hydrogens (tertiary/aromatic N) is 1. The van der Waals surface area contributed by atoms with Gasteiger partial charge >= 0.3 is 0 Å². The van der Waals surface area contributed by atoms with Crippen LogP contribution in [0.1, 0.15) is 71.1 Å². The molecule has 3 aliphatic rings. The average molecular weight is 293 g/mol. The average Bonchev–Trinajstić information content (AvgIpc) is 2.48. The molecule has 122 valence electrons. The van der Waals surface area contributed by atoms with E-state index in [1.807, 2.05) is 0 Å². The van der Waals surface area contributed by atoms with Gasteiger partial charge in [0.2, 0.25) is 0 Å². The maximum absolute atomic E-state index is 3.53. The van der Waals surface area contributed by atoms with Crippen LogP contribution in [0.2, 0.25) is 0 Å². The first-order chi connectivity index (χ1) is 10.2. The van der Waals surface area contributed by atoms with Gasteiger partial charge in [-0.05, 0) is 69.4 Å². The summed E-state index contributed by atoms with van der Waals surface area (Å²) in [7, 11) is 2.15. The summed E-state index contributed by atoms with van der Waals surface area (Å²) >= 11 is 0. The van der Waals surface area contributed by atoms with Crippen LogP contribution in [0.3, 0.4) is 0 Å². The fraction of sp³-hybridized carbons (Fsp3) is 1.00. The summed E-state index contributed by atoms with van der Waals surface area (Å²) in [5.41, 5.74) is 0.561. The normalized spacial score (nSPS) is 41.7. The second-order valence-corrected chi connectivity index (χ2v) is 8.46. The highest BCUT2D eigenvalue weighted by Gasteiger charge is 2.40. The second kappa shape index (κ2) is 7.00. The molecule has 0 radical (unpaired) electrons. The van der Waals surface area contributed by atoms with Gasteiger partial charge in [0.05, 0.1) is 0 Å². The molecule has 1 aliphatic heterocycles. The quantitative estimate of drug-likeness (QED) is 0.840. The minimum absolute atomic E-state index is 0.561. The Kier molecular flexibility index (Phi) is 5.27. The van der Waals surface area contributed by atoms with E-state index in [1.165, 1.54) is 83.8 Å². The Labute approximate surface area is 132 Å². The monoisotopic (exact) mass is 292 g/mol. The molecular formula is C19H36N2. The molecule has 3 rings (SSSR count). The zero-order valence-corrected chi connectivity index (χ0v) is 14.4. The lowest BCUT2D eigenvalue weighted by Gasteiger charge is -2.50. The first-order valence-electron chi connectivity index (χ1n) is 9.61. The smallest absolute Gasteiger partial charge is 0.0124 e. The van der Waals surface area contributed by atoms with Crippen molar-refractivity contribution in [3.63, 3.8) is 0 Å². The molecule has 0 aromatic rings. The standard InChI is InChI=1S/C19H36N2/c1-16-7-5-11-19(13-16,14-20-2)15-21-12-6-9-17-8-3-4-10-18(17)21/h16-18,20H,3-15H2,1-2H3/t16?,17-,18-,19?/m1/s1. The molecule has 2 heteroatoms. The molecule has 0 aromatic carbocycles. The number of fused-ring (bicyclic) bond motifs is 1. The largest absolute Gasteiger partial charge is 0.319 e. The molecule has 1 saturated heterocycles. The molecule has 1 N–H and O–H groups in total. The van der Waals surface area contributed by atoms with Gasteiger partial charge in [-0.25, -0.2) is 0 Å². The predicted molar refractivity (Wildman–Crippen MR) is 90.5 cm³/mol. The topological polar surface area (TPSA) is 15.3 Å². The van der Waals surface area contributed by atoms with Gasteiger partial charge in [-0.2, -0.15) is 0 Å². The highest BCUT2D eigenvalue weighted by Crippen LogP contribution is 2.42. The van der Waals surface area contributed by atoms with E-state index in [2.05, 4.69) is 24.2 Å². The fourth-order valence-corrected chi connectivity index (χ4v) is 5.86. The summed E-state index contributed by atoms with van der Waals surface area (Å²) in [6, 6.07) is 0.929. The molecule has 3 fully saturated rings. The van der Waals surface area contributed by atoms with Crippen molar-refractivity contribution in [3.8, 4) is 0 Å². The van der Waals surface area contributed by atoms with Crippen LogP contribution >= 0.6 is 0 Å². The molecule has 2 nitrogen and oxygen atoms in total. The van der Waals surface area contributed by atoms with Crippen molar-refractivity contribution in [2.24, 2.45) is 17.3 Å². The number of nitrogens with one attached hydrogen (secondary N) is 1. The van der Waals surface area contributed by atoms with E-state index in [1.54, 1.807) is 0 Å². The summed E-state index contributed by atoms with van der Waals surface area (Å²) in [6.45, 7) is 6.45. The lowest BCUT2D eigenvalue weighted by molar-refractivity contribution is 0.00385. The van der Waals surface area contributed by atoms with E-state index < -0.39 is 0 Å². The summed E-state index contributed by atoms with van der Waals surface area (Å²) < 4.78 is 0. The summed E-state index contributed by atoms with van der Waals surface area (Å²) in [4.78, 5) is 2.93. The fourth-order valence-electron chi connectivity index (χ4n) is 5.86. The highest BCUT2D eigenvalue weighted by molar-refractivity contribution is 4.94. The zero-order valence-electron chi connectivity index (χ0n) is 14.4. The van der Waals surface area contributed by atoms with Crippen LogP contribution in [0.25, 0.3) is 0 Å². The summed E-state index contributed by atoms with van der Waals surface area (Å²) in [5.74, 6) is 1.96. The number of hydrogen-bond acceptors (Lipinski definition) is 2.